The van der Waals surface area contributed by atoms with Gasteiger partial charge in [-0.05, 0) is 73.4 Å². The van der Waals surface area contributed by atoms with E-state index in [0.717, 1.165) is 34.9 Å². The van der Waals surface area contributed by atoms with Crippen LogP contribution in [0, 0.1) is 13.8 Å². The van der Waals surface area contributed by atoms with Crippen LogP contribution in [0.2, 0.25) is 5.02 Å². The van der Waals surface area contributed by atoms with Crippen LogP contribution in [0.1, 0.15) is 29.2 Å². The van der Waals surface area contributed by atoms with Gasteiger partial charge in [-0.2, -0.15) is 0 Å². The van der Waals surface area contributed by atoms with Gasteiger partial charge in [-0.15, -0.1) is 0 Å². The van der Waals surface area contributed by atoms with E-state index < -0.39 is 0 Å². The molecule has 0 saturated carbocycles. The summed E-state index contributed by atoms with van der Waals surface area (Å²) in [7, 11) is 0. The Morgan fingerprint density at radius 3 is 2.50 bits per heavy atom. The minimum absolute atomic E-state index is 0.445. The summed E-state index contributed by atoms with van der Waals surface area (Å²) < 4.78 is 11.8. The van der Waals surface area contributed by atoms with Crippen molar-refractivity contribution in [2.45, 2.75) is 33.9 Å². The van der Waals surface area contributed by atoms with Gasteiger partial charge in [0.05, 0.1) is 6.61 Å². The highest BCUT2D eigenvalue weighted by Gasteiger charge is 2.08. The Hall–Kier alpha value is -2.65. The van der Waals surface area contributed by atoms with Crippen LogP contribution in [0.25, 0.3) is 0 Å². The summed E-state index contributed by atoms with van der Waals surface area (Å²) in [5, 5.41) is 4.22. The first-order chi connectivity index (χ1) is 13.5. The zero-order valence-electron chi connectivity index (χ0n) is 16.6. The maximum Gasteiger partial charge on any atom is 0.161 e. The molecule has 0 saturated heterocycles. The molecule has 1 N–H and O–H groups in total. The van der Waals surface area contributed by atoms with Crippen molar-refractivity contribution in [2.75, 3.05) is 11.9 Å². The summed E-state index contributed by atoms with van der Waals surface area (Å²) in [6.07, 6.45) is 0. The van der Waals surface area contributed by atoms with E-state index in [4.69, 9.17) is 21.1 Å². The number of hydrogen-bond donors (Lipinski definition) is 1. The third kappa shape index (κ3) is 5.43. The second kappa shape index (κ2) is 9.52. The van der Waals surface area contributed by atoms with Gasteiger partial charge in [-0.3, -0.25) is 0 Å². The number of hydrogen-bond acceptors (Lipinski definition) is 3. The summed E-state index contributed by atoms with van der Waals surface area (Å²) in [6.45, 7) is 7.94. The Labute approximate surface area is 172 Å². The molecule has 0 radical (unpaired) electrons. The molecule has 0 unspecified atom stereocenters. The van der Waals surface area contributed by atoms with E-state index in [2.05, 4.69) is 43.4 Å². The van der Waals surface area contributed by atoms with Crippen molar-refractivity contribution in [1.29, 1.82) is 0 Å². The molecule has 0 bridgehead atoms. The van der Waals surface area contributed by atoms with E-state index >= 15 is 0 Å². The fraction of sp³-hybridized carbons (Fsp3) is 0.250. The van der Waals surface area contributed by atoms with E-state index in [1.165, 1.54) is 11.1 Å². The van der Waals surface area contributed by atoms with Gasteiger partial charge in [0.25, 0.3) is 0 Å². The summed E-state index contributed by atoms with van der Waals surface area (Å²) in [4.78, 5) is 0. The van der Waals surface area contributed by atoms with E-state index in [-0.39, 0.29) is 0 Å². The highest BCUT2D eigenvalue weighted by atomic mass is 35.5. The van der Waals surface area contributed by atoms with Crippen LogP contribution in [0.15, 0.2) is 60.7 Å². The number of aryl methyl sites for hydroxylation is 2. The van der Waals surface area contributed by atoms with Crippen molar-refractivity contribution < 1.29 is 9.47 Å². The molecular formula is C24H26ClNO2. The number of rotatable bonds is 8. The summed E-state index contributed by atoms with van der Waals surface area (Å²) in [5.41, 5.74) is 5.79. The first-order valence-corrected chi connectivity index (χ1v) is 9.87. The first kappa shape index (κ1) is 20.1. The monoisotopic (exact) mass is 395 g/mol. The van der Waals surface area contributed by atoms with Gasteiger partial charge in [0.15, 0.2) is 11.5 Å². The summed E-state index contributed by atoms with van der Waals surface area (Å²) >= 11 is 6.05. The fourth-order valence-electron chi connectivity index (χ4n) is 2.96. The molecular weight excluding hydrogens is 370 g/mol. The lowest BCUT2D eigenvalue weighted by molar-refractivity contribution is 0.269. The average molecular weight is 396 g/mol. The summed E-state index contributed by atoms with van der Waals surface area (Å²) in [5.74, 6) is 1.49. The second-order valence-electron chi connectivity index (χ2n) is 6.80. The molecule has 0 atom stereocenters. The zero-order valence-corrected chi connectivity index (χ0v) is 17.3. The molecule has 0 aliphatic rings. The lowest BCUT2D eigenvalue weighted by atomic mass is 10.1. The Morgan fingerprint density at radius 2 is 1.71 bits per heavy atom. The van der Waals surface area contributed by atoms with Gasteiger partial charge in [-0.1, -0.05) is 41.9 Å². The largest absolute Gasteiger partial charge is 0.490 e. The van der Waals surface area contributed by atoms with Gasteiger partial charge in [0, 0.05) is 17.3 Å². The Kier molecular flexibility index (Phi) is 6.83. The van der Waals surface area contributed by atoms with E-state index in [1.54, 1.807) is 0 Å². The molecule has 3 aromatic rings. The molecule has 4 heteroatoms. The van der Waals surface area contributed by atoms with Crippen molar-refractivity contribution in [2.24, 2.45) is 0 Å². The highest BCUT2D eigenvalue weighted by Crippen LogP contribution is 2.30. The molecule has 0 heterocycles. The van der Waals surface area contributed by atoms with Crippen LogP contribution in [0.5, 0.6) is 11.5 Å². The molecule has 3 nitrogen and oxygen atoms in total. The smallest absolute Gasteiger partial charge is 0.161 e. The van der Waals surface area contributed by atoms with Gasteiger partial charge < -0.3 is 14.8 Å². The fourth-order valence-corrected chi connectivity index (χ4v) is 3.17. The third-order valence-electron chi connectivity index (χ3n) is 4.47. The number of nitrogens with one attached hydrogen (secondary N) is 1. The van der Waals surface area contributed by atoms with Gasteiger partial charge in [0.1, 0.15) is 6.61 Å². The standard InChI is InChI=1S/C24H26ClNO2/c1-4-27-24-14-19(15-26-22-12-17(2)8-9-18(22)3)10-11-23(24)28-16-20-6-5-7-21(25)13-20/h5-14,26H,4,15-16H2,1-3H3. The van der Waals surface area contributed by atoms with Crippen LogP contribution >= 0.6 is 11.6 Å². The van der Waals surface area contributed by atoms with E-state index in [0.29, 0.717) is 18.2 Å². The first-order valence-electron chi connectivity index (χ1n) is 9.49. The van der Waals surface area contributed by atoms with Crippen LogP contribution in [0.3, 0.4) is 0 Å². The minimum Gasteiger partial charge on any atom is -0.490 e. The van der Waals surface area contributed by atoms with Gasteiger partial charge in [0.2, 0.25) is 0 Å². The quantitative estimate of drug-likeness (QED) is 0.469. The molecule has 0 spiro atoms. The molecule has 3 rings (SSSR count). The molecule has 0 aromatic heterocycles. The van der Waals surface area contributed by atoms with Gasteiger partial charge >= 0.3 is 0 Å². The van der Waals surface area contributed by atoms with E-state index in [1.807, 2.05) is 43.3 Å². The van der Waals surface area contributed by atoms with Crippen molar-refractivity contribution >= 4 is 17.3 Å². The molecule has 0 aliphatic carbocycles. The zero-order chi connectivity index (χ0) is 19.9. The molecule has 28 heavy (non-hydrogen) atoms. The lowest BCUT2D eigenvalue weighted by Crippen LogP contribution is -2.04. The summed E-state index contributed by atoms with van der Waals surface area (Å²) in [6, 6.07) is 20.2. The second-order valence-corrected chi connectivity index (χ2v) is 7.24. The average Bonchev–Trinajstić information content (AvgIpc) is 2.68. The Balaban J connectivity index is 1.70. The van der Waals surface area contributed by atoms with Crippen molar-refractivity contribution in [3.8, 4) is 11.5 Å². The van der Waals surface area contributed by atoms with Crippen molar-refractivity contribution in [3.63, 3.8) is 0 Å². The minimum atomic E-state index is 0.445. The topological polar surface area (TPSA) is 30.5 Å². The predicted molar refractivity (Wildman–Crippen MR) is 117 cm³/mol. The molecule has 3 aromatic carbocycles. The molecule has 0 amide bonds. The molecule has 146 valence electrons. The maximum atomic E-state index is 6.05. The van der Waals surface area contributed by atoms with Crippen LogP contribution in [0.4, 0.5) is 5.69 Å². The van der Waals surface area contributed by atoms with Crippen LogP contribution in [-0.2, 0) is 13.2 Å². The van der Waals surface area contributed by atoms with Crippen molar-refractivity contribution in [1.82, 2.24) is 0 Å². The van der Waals surface area contributed by atoms with Crippen LogP contribution in [-0.4, -0.2) is 6.61 Å². The number of halogens is 1. The Bertz CT molecular complexity index is 940. The lowest BCUT2D eigenvalue weighted by Gasteiger charge is -2.15. The van der Waals surface area contributed by atoms with Crippen LogP contribution < -0.4 is 14.8 Å². The van der Waals surface area contributed by atoms with Gasteiger partial charge in [-0.25, -0.2) is 0 Å². The predicted octanol–water partition coefficient (Wildman–Crippen LogP) is 6.55. The molecule has 0 aliphatic heterocycles. The SMILES string of the molecule is CCOc1cc(CNc2cc(C)ccc2C)ccc1OCc1cccc(Cl)c1. The van der Waals surface area contributed by atoms with E-state index in [9.17, 15) is 0 Å². The Morgan fingerprint density at radius 1 is 0.857 bits per heavy atom. The number of anilines is 1. The van der Waals surface area contributed by atoms with Crippen molar-refractivity contribution in [3.05, 3.63) is 87.9 Å². The normalized spacial score (nSPS) is 10.6. The highest BCUT2D eigenvalue weighted by molar-refractivity contribution is 6.30. The third-order valence-corrected chi connectivity index (χ3v) is 4.70. The number of ether oxygens (including phenoxy) is 2. The maximum absolute atomic E-state index is 6.05. The molecule has 0 fully saturated rings. The number of benzene rings is 3.